The molecule has 0 bridgehead atoms. The first-order valence-electron chi connectivity index (χ1n) is 7.15. The van der Waals surface area contributed by atoms with E-state index < -0.39 is 23.7 Å². The fourth-order valence-corrected chi connectivity index (χ4v) is 2.92. The van der Waals surface area contributed by atoms with Gasteiger partial charge in [0.25, 0.3) is 5.56 Å². The molecule has 0 aliphatic rings. The molecule has 1 amide bonds. The monoisotopic (exact) mass is 381 g/mol. The Balaban J connectivity index is 1.98. The molecule has 0 aliphatic heterocycles. The average molecular weight is 382 g/mol. The number of carbonyl (C=O) groups is 1. The number of benzene rings is 1. The van der Waals surface area contributed by atoms with Gasteiger partial charge in [0.05, 0.1) is 17.0 Å². The normalized spacial score (nSPS) is 11.0. The third-order valence-electron chi connectivity index (χ3n) is 3.71. The SMILES string of the molecule is Cn1cnc2c1c(=O)n(CC(=O)Nc1ccc(Cl)cc1Cl)c(=O)n2C. The van der Waals surface area contributed by atoms with Crippen LogP contribution in [-0.4, -0.2) is 24.6 Å². The predicted octanol–water partition coefficient (Wildman–Crippen LogP) is 1.38. The molecular weight excluding hydrogens is 369 g/mol. The molecular formula is C15H13Cl2N5O3. The van der Waals surface area contributed by atoms with Crippen LogP contribution in [0.15, 0.2) is 34.1 Å². The van der Waals surface area contributed by atoms with Crippen molar-refractivity contribution in [1.29, 1.82) is 0 Å². The van der Waals surface area contributed by atoms with E-state index in [1.807, 2.05) is 0 Å². The molecule has 1 aromatic carbocycles. The summed E-state index contributed by atoms with van der Waals surface area (Å²) in [5.41, 5.74) is -0.388. The topological polar surface area (TPSA) is 90.9 Å². The Labute approximate surface area is 151 Å². The van der Waals surface area contributed by atoms with Gasteiger partial charge in [-0.3, -0.25) is 14.2 Å². The van der Waals surface area contributed by atoms with Crippen molar-refractivity contribution in [3.63, 3.8) is 0 Å². The lowest BCUT2D eigenvalue weighted by Crippen LogP contribution is -2.42. The summed E-state index contributed by atoms with van der Waals surface area (Å²) >= 11 is 11.8. The highest BCUT2D eigenvalue weighted by Gasteiger charge is 2.17. The minimum atomic E-state index is -0.631. The fraction of sp³-hybridized carbons (Fsp3) is 0.200. The number of hydrogen-bond donors (Lipinski definition) is 1. The van der Waals surface area contributed by atoms with Crippen LogP contribution >= 0.6 is 23.2 Å². The first-order chi connectivity index (χ1) is 11.8. The molecule has 0 aliphatic carbocycles. The molecule has 2 heterocycles. The van der Waals surface area contributed by atoms with Gasteiger partial charge >= 0.3 is 5.69 Å². The second kappa shape index (κ2) is 6.38. The van der Waals surface area contributed by atoms with Gasteiger partial charge in [0.15, 0.2) is 11.2 Å². The number of hydrogen-bond acceptors (Lipinski definition) is 4. The number of aromatic nitrogens is 4. The van der Waals surface area contributed by atoms with E-state index in [0.717, 1.165) is 4.57 Å². The van der Waals surface area contributed by atoms with Crippen LogP contribution in [0.4, 0.5) is 5.69 Å². The maximum atomic E-state index is 12.5. The number of fused-ring (bicyclic) bond motifs is 1. The largest absolute Gasteiger partial charge is 0.332 e. The third kappa shape index (κ3) is 3.06. The first kappa shape index (κ1) is 17.2. The maximum absolute atomic E-state index is 12.5. The third-order valence-corrected chi connectivity index (χ3v) is 4.26. The van der Waals surface area contributed by atoms with Crippen LogP contribution in [0.1, 0.15) is 0 Å². The highest BCUT2D eigenvalue weighted by Crippen LogP contribution is 2.25. The van der Waals surface area contributed by atoms with Crippen LogP contribution in [-0.2, 0) is 25.4 Å². The van der Waals surface area contributed by atoms with Gasteiger partial charge in [-0.2, -0.15) is 0 Å². The van der Waals surface area contributed by atoms with E-state index in [9.17, 15) is 14.4 Å². The van der Waals surface area contributed by atoms with E-state index in [4.69, 9.17) is 23.2 Å². The number of imidazole rings is 1. The Hall–Kier alpha value is -2.58. The smallest absolute Gasteiger partial charge is 0.328 e. The lowest BCUT2D eigenvalue weighted by atomic mass is 10.3. The van der Waals surface area contributed by atoms with Crippen molar-refractivity contribution in [2.24, 2.45) is 14.1 Å². The molecule has 0 unspecified atom stereocenters. The van der Waals surface area contributed by atoms with Crippen molar-refractivity contribution < 1.29 is 4.79 Å². The van der Waals surface area contributed by atoms with Crippen LogP contribution in [0.2, 0.25) is 10.0 Å². The van der Waals surface area contributed by atoms with Crippen LogP contribution in [0.5, 0.6) is 0 Å². The summed E-state index contributed by atoms with van der Waals surface area (Å²) in [4.78, 5) is 41.2. The molecule has 1 N–H and O–H groups in total. The summed E-state index contributed by atoms with van der Waals surface area (Å²) in [6, 6.07) is 4.58. The van der Waals surface area contributed by atoms with Crippen molar-refractivity contribution >= 4 is 46.0 Å². The second-order valence-corrected chi connectivity index (χ2v) is 6.28. The zero-order valence-corrected chi connectivity index (χ0v) is 14.8. The number of rotatable bonds is 3. The number of anilines is 1. The molecule has 0 saturated carbocycles. The summed E-state index contributed by atoms with van der Waals surface area (Å²) in [6.07, 6.45) is 1.43. The number of nitrogens with zero attached hydrogens (tertiary/aromatic N) is 4. The van der Waals surface area contributed by atoms with Gasteiger partial charge in [-0.05, 0) is 18.2 Å². The Kier molecular flexibility index (Phi) is 4.40. The van der Waals surface area contributed by atoms with Crippen molar-refractivity contribution in [1.82, 2.24) is 18.7 Å². The van der Waals surface area contributed by atoms with Crippen LogP contribution in [0.25, 0.3) is 11.2 Å². The van der Waals surface area contributed by atoms with Crippen molar-refractivity contribution in [2.45, 2.75) is 6.54 Å². The quantitative estimate of drug-likeness (QED) is 0.741. The molecule has 3 rings (SSSR count). The summed E-state index contributed by atoms with van der Waals surface area (Å²) < 4.78 is 3.57. The number of halogens is 2. The minimum Gasteiger partial charge on any atom is -0.328 e. The summed E-state index contributed by atoms with van der Waals surface area (Å²) in [7, 11) is 3.13. The van der Waals surface area contributed by atoms with Crippen LogP contribution in [0.3, 0.4) is 0 Å². The number of aryl methyl sites for hydroxylation is 2. The summed E-state index contributed by atoms with van der Waals surface area (Å²) in [6.45, 7) is -0.453. The summed E-state index contributed by atoms with van der Waals surface area (Å²) in [5, 5.41) is 3.24. The maximum Gasteiger partial charge on any atom is 0.332 e. The molecule has 8 nitrogen and oxygen atoms in total. The predicted molar refractivity (Wildman–Crippen MR) is 95.3 cm³/mol. The molecule has 130 valence electrons. The molecule has 10 heteroatoms. The van der Waals surface area contributed by atoms with Gasteiger partial charge in [0.1, 0.15) is 6.54 Å². The molecule has 0 radical (unpaired) electrons. The average Bonchev–Trinajstić information content (AvgIpc) is 2.94. The van der Waals surface area contributed by atoms with E-state index in [0.29, 0.717) is 10.7 Å². The second-order valence-electron chi connectivity index (χ2n) is 5.43. The van der Waals surface area contributed by atoms with E-state index in [2.05, 4.69) is 10.3 Å². The van der Waals surface area contributed by atoms with E-state index >= 15 is 0 Å². The lowest BCUT2D eigenvalue weighted by Gasteiger charge is -2.10. The Bertz CT molecular complexity index is 1110. The molecule has 25 heavy (non-hydrogen) atoms. The molecule has 2 aromatic heterocycles. The van der Waals surface area contributed by atoms with Gasteiger partial charge < -0.3 is 9.88 Å². The van der Waals surface area contributed by atoms with Crippen molar-refractivity contribution in [3.8, 4) is 0 Å². The molecule has 0 spiro atoms. The molecule has 0 atom stereocenters. The van der Waals surface area contributed by atoms with Gasteiger partial charge in [0.2, 0.25) is 5.91 Å². The van der Waals surface area contributed by atoms with E-state index in [1.54, 1.807) is 13.1 Å². The van der Waals surface area contributed by atoms with Gasteiger partial charge in [0, 0.05) is 19.1 Å². The number of nitrogens with one attached hydrogen (secondary N) is 1. The molecule has 0 fully saturated rings. The van der Waals surface area contributed by atoms with Crippen LogP contribution < -0.4 is 16.6 Å². The highest BCUT2D eigenvalue weighted by atomic mass is 35.5. The van der Waals surface area contributed by atoms with Gasteiger partial charge in [-0.25, -0.2) is 14.3 Å². The molecule has 0 saturated heterocycles. The first-order valence-corrected chi connectivity index (χ1v) is 7.91. The molecule has 3 aromatic rings. The van der Waals surface area contributed by atoms with Crippen molar-refractivity contribution in [2.75, 3.05) is 5.32 Å². The van der Waals surface area contributed by atoms with E-state index in [1.165, 1.54) is 34.6 Å². The van der Waals surface area contributed by atoms with Gasteiger partial charge in [-0.15, -0.1) is 0 Å². The highest BCUT2D eigenvalue weighted by molar-refractivity contribution is 6.36. The number of amides is 1. The van der Waals surface area contributed by atoms with Gasteiger partial charge in [-0.1, -0.05) is 23.2 Å². The van der Waals surface area contributed by atoms with Crippen LogP contribution in [0, 0.1) is 0 Å². The van der Waals surface area contributed by atoms with Crippen molar-refractivity contribution in [3.05, 3.63) is 55.4 Å². The zero-order chi connectivity index (χ0) is 18.3. The minimum absolute atomic E-state index is 0.236. The lowest BCUT2D eigenvalue weighted by molar-refractivity contribution is -0.116. The Morgan fingerprint density at radius 2 is 1.96 bits per heavy atom. The Morgan fingerprint density at radius 3 is 2.64 bits per heavy atom. The zero-order valence-electron chi connectivity index (χ0n) is 13.3. The number of carbonyl (C=O) groups excluding carboxylic acids is 1. The Morgan fingerprint density at radius 1 is 1.24 bits per heavy atom. The summed E-state index contributed by atoms with van der Waals surface area (Å²) in [5.74, 6) is -0.565. The standard InChI is InChI=1S/C15H13Cl2N5O3/c1-20-7-18-13-12(20)14(24)22(15(25)21(13)2)6-11(23)19-10-4-3-8(16)5-9(10)17/h3-5,7H,6H2,1-2H3,(H,19,23). The fourth-order valence-electron chi connectivity index (χ4n) is 2.46. The van der Waals surface area contributed by atoms with E-state index in [-0.39, 0.29) is 16.2 Å².